The molecule has 2 aromatic heterocycles. The van der Waals surface area contributed by atoms with Crippen molar-refractivity contribution in [3.63, 3.8) is 0 Å². The van der Waals surface area contributed by atoms with Crippen molar-refractivity contribution < 1.29 is 13.9 Å². The molecule has 1 aromatic carbocycles. The van der Waals surface area contributed by atoms with E-state index < -0.39 is 5.60 Å². The number of nitrogens with one attached hydrogen (secondary N) is 1. The molecule has 0 spiro atoms. The Morgan fingerprint density at radius 2 is 2.00 bits per heavy atom. The first kappa shape index (κ1) is 19.6. The van der Waals surface area contributed by atoms with Crippen LogP contribution in [-0.4, -0.2) is 27.6 Å². The van der Waals surface area contributed by atoms with Crippen LogP contribution in [0, 0.1) is 0 Å². The SMILES string of the molecule is CC(C)Nc1nc(-c2ccco2)nc2ccc(/C=C/C(=O)OC(C)(C)C)cc12. The van der Waals surface area contributed by atoms with Gasteiger partial charge in [0.25, 0.3) is 0 Å². The number of ether oxygens (including phenoxy) is 1. The van der Waals surface area contributed by atoms with Crippen LogP contribution >= 0.6 is 0 Å². The highest BCUT2D eigenvalue weighted by Crippen LogP contribution is 2.27. The zero-order valence-corrected chi connectivity index (χ0v) is 16.8. The van der Waals surface area contributed by atoms with Crippen molar-refractivity contribution in [3.8, 4) is 11.6 Å². The molecule has 6 nitrogen and oxygen atoms in total. The number of hydrogen-bond donors (Lipinski definition) is 1. The monoisotopic (exact) mass is 379 g/mol. The minimum atomic E-state index is -0.519. The smallest absolute Gasteiger partial charge is 0.331 e. The molecule has 0 aliphatic carbocycles. The van der Waals surface area contributed by atoms with Gasteiger partial charge in [-0.25, -0.2) is 14.8 Å². The average Bonchev–Trinajstić information content (AvgIpc) is 3.12. The Kier molecular flexibility index (Phi) is 5.49. The highest BCUT2D eigenvalue weighted by Gasteiger charge is 2.15. The maximum Gasteiger partial charge on any atom is 0.331 e. The summed E-state index contributed by atoms with van der Waals surface area (Å²) >= 11 is 0. The van der Waals surface area contributed by atoms with E-state index in [1.165, 1.54) is 6.08 Å². The van der Waals surface area contributed by atoms with E-state index in [9.17, 15) is 4.79 Å². The molecule has 28 heavy (non-hydrogen) atoms. The molecule has 0 saturated heterocycles. The molecule has 0 unspecified atom stereocenters. The third kappa shape index (κ3) is 4.97. The summed E-state index contributed by atoms with van der Waals surface area (Å²) in [5.74, 6) is 1.48. The number of rotatable bonds is 5. The van der Waals surface area contributed by atoms with Crippen LogP contribution in [-0.2, 0) is 9.53 Å². The third-order valence-electron chi connectivity index (χ3n) is 3.71. The molecular weight excluding hydrogens is 354 g/mol. The summed E-state index contributed by atoms with van der Waals surface area (Å²) in [6.45, 7) is 9.62. The van der Waals surface area contributed by atoms with Crippen LogP contribution in [0.25, 0.3) is 28.6 Å². The second kappa shape index (κ2) is 7.84. The van der Waals surface area contributed by atoms with Crippen LogP contribution < -0.4 is 5.32 Å². The number of esters is 1. The summed E-state index contributed by atoms with van der Waals surface area (Å²) < 4.78 is 10.7. The number of anilines is 1. The standard InChI is InChI=1S/C22H25N3O3/c1-14(2)23-20-16-13-15(9-11-19(26)28-22(3,4)5)8-10-17(16)24-21(25-20)18-7-6-12-27-18/h6-14H,1-5H3,(H,23,24,25)/b11-9+. The molecule has 2 heterocycles. The summed E-state index contributed by atoms with van der Waals surface area (Å²) in [6.07, 6.45) is 4.76. The average molecular weight is 379 g/mol. The molecule has 0 fully saturated rings. The fourth-order valence-electron chi connectivity index (χ4n) is 2.65. The Balaban J connectivity index is 1.98. The van der Waals surface area contributed by atoms with Gasteiger partial charge in [-0.2, -0.15) is 0 Å². The number of benzene rings is 1. The van der Waals surface area contributed by atoms with Crippen molar-refractivity contribution >= 4 is 28.8 Å². The lowest BCUT2D eigenvalue weighted by atomic mass is 10.1. The summed E-state index contributed by atoms with van der Waals surface area (Å²) in [5.41, 5.74) is 1.13. The molecule has 1 N–H and O–H groups in total. The maximum atomic E-state index is 11.9. The first-order chi connectivity index (χ1) is 13.2. The Morgan fingerprint density at radius 1 is 1.21 bits per heavy atom. The predicted molar refractivity (Wildman–Crippen MR) is 111 cm³/mol. The topological polar surface area (TPSA) is 77.3 Å². The first-order valence-electron chi connectivity index (χ1n) is 9.24. The number of aromatic nitrogens is 2. The van der Waals surface area contributed by atoms with Gasteiger partial charge in [-0.1, -0.05) is 6.07 Å². The van der Waals surface area contributed by atoms with E-state index in [2.05, 4.69) is 15.3 Å². The molecule has 0 atom stereocenters. The molecule has 0 aliphatic heterocycles. The fraction of sp³-hybridized carbons (Fsp3) is 0.318. The maximum absolute atomic E-state index is 11.9. The van der Waals surface area contributed by atoms with E-state index in [0.29, 0.717) is 11.6 Å². The van der Waals surface area contributed by atoms with E-state index in [1.54, 1.807) is 12.3 Å². The van der Waals surface area contributed by atoms with Crippen LogP contribution in [0.4, 0.5) is 5.82 Å². The van der Waals surface area contributed by atoms with Crippen LogP contribution in [0.3, 0.4) is 0 Å². The van der Waals surface area contributed by atoms with Gasteiger partial charge in [0, 0.05) is 17.5 Å². The molecular formula is C22H25N3O3. The molecule has 0 amide bonds. The lowest BCUT2D eigenvalue weighted by molar-refractivity contribution is -0.148. The second-order valence-corrected chi connectivity index (χ2v) is 7.82. The molecule has 0 radical (unpaired) electrons. The molecule has 6 heteroatoms. The highest BCUT2D eigenvalue weighted by molar-refractivity contribution is 5.93. The van der Waals surface area contributed by atoms with Gasteiger partial charge in [-0.3, -0.25) is 0 Å². The van der Waals surface area contributed by atoms with Gasteiger partial charge in [0.15, 0.2) is 11.6 Å². The zero-order chi connectivity index (χ0) is 20.3. The highest BCUT2D eigenvalue weighted by atomic mass is 16.6. The zero-order valence-electron chi connectivity index (χ0n) is 16.8. The Hall–Kier alpha value is -3.15. The Bertz CT molecular complexity index is 1000. The summed E-state index contributed by atoms with van der Waals surface area (Å²) in [4.78, 5) is 21.2. The molecule has 0 saturated carbocycles. The lowest BCUT2D eigenvalue weighted by Crippen LogP contribution is -2.22. The fourth-order valence-corrected chi connectivity index (χ4v) is 2.65. The van der Waals surface area contributed by atoms with E-state index in [1.807, 2.05) is 65.0 Å². The molecule has 0 bridgehead atoms. The number of carbonyl (C=O) groups excluding carboxylic acids is 1. The number of fused-ring (bicyclic) bond motifs is 1. The van der Waals surface area contributed by atoms with Crippen molar-refractivity contribution in [2.24, 2.45) is 0 Å². The second-order valence-electron chi connectivity index (χ2n) is 7.82. The minimum absolute atomic E-state index is 0.198. The summed E-state index contributed by atoms with van der Waals surface area (Å²) in [6, 6.07) is 9.60. The Labute approximate surface area is 164 Å². The van der Waals surface area contributed by atoms with E-state index in [-0.39, 0.29) is 12.0 Å². The van der Waals surface area contributed by atoms with Crippen molar-refractivity contribution in [3.05, 3.63) is 48.2 Å². The largest absolute Gasteiger partial charge is 0.461 e. The normalized spacial score (nSPS) is 12.1. The van der Waals surface area contributed by atoms with Crippen molar-refractivity contribution in [1.29, 1.82) is 0 Å². The first-order valence-corrected chi connectivity index (χ1v) is 9.24. The van der Waals surface area contributed by atoms with E-state index in [4.69, 9.17) is 9.15 Å². The lowest BCUT2D eigenvalue weighted by Gasteiger charge is -2.17. The Morgan fingerprint density at radius 3 is 2.64 bits per heavy atom. The van der Waals surface area contributed by atoms with Gasteiger partial charge < -0.3 is 14.5 Å². The van der Waals surface area contributed by atoms with Crippen LogP contribution in [0.5, 0.6) is 0 Å². The van der Waals surface area contributed by atoms with E-state index in [0.717, 1.165) is 22.3 Å². The van der Waals surface area contributed by atoms with Crippen molar-refractivity contribution in [2.45, 2.75) is 46.3 Å². The summed E-state index contributed by atoms with van der Waals surface area (Å²) in [5, 5.41) is 4.24. The minimum Gasteiger partial charge on any atom is -0.461 e. The van der Waals surface area contributed by atoms with E-state index >= 15 is 0 Å². The van der Waals surface area contributed by atoms with Gasteiger partial charge in [0.2, 0.25) is 0 Å². The van der Waals surface area contributed by atoms with Gasteiger partial charge in [-0.05, 0) is 70.5 Å². The van der Waals surface area contributed by atoms with Gasteiger partial charge in [-0.15, -0.1) is 0 Å². The van der Waals surface area contributed by atoms with Gasteiger partial charge in [0.05, 0.1) is 11.8 Å². The van der Waals surface area contributed by atoms with Gasteiger partial charge >= 0.3 is 5.97 Å². The summed E-state index contributed by atoms with van der Waals surface area (Å²) in [7, 11) is 0. The number of carbonyl (C=O) groups is 1. The number of nitrogens with zero attached hydrogens (tertiary/aromatic N) is 2. The molecule has 146 valence electrons. The van der Waals surface area contributed by atoms with Crippen LogP contribution in [0.15, 0.2) is 47.1 Å². The van der Waals surface area contributed by atoms with Crippen LogP contribution in [0.1, 0.15) is 40.2 Å². The number of furan rings is 1. The number of hydrogen-bond acceptors (Lipinski definition) is 6. The van der Waals surface area contributed by atoms with Gasteiger partial charge in [0.1, 0.15) is 11.4 Å². The van der Waals surface area contributed by atoms with Crippen molar-refractivity contribution in [1.82, 2.24) is 9.97 Å². The molecule has 3 rings (SSSR count). The van der Waals surface area contributed by atoms with Crippen molar-refractivity contribution in [2.75, 3.05) is 5.32 Å². The predicted octanol–water partition coefficient (Wildman–Crippen LogP) is 5.07. The third-order valence-corrected chi connectivity index (χ3v) is 3.71. The molecule has 3 aromatic rings. The van der Waals surface area contributed by atoms with Crippen LogP contribution in [0.2, 0.25) is 0 Å². The molecule has 0 aliphatic rings. The quantitative estimate of drug-likeness (QED) is 0.493.